The smallest absolute Gasteiger partial charge is 0.248 e. The van der Waals surface area contributed by atoms with E-state index in [0.29, 0.717) is 0 Å². The van der Waals surface area contributed by atoms with Crippen LogP contribution in [0, 0.1) is 11.8 Å². The van der Waals surface area contributed by atoms with E-state index in [1.807, 2.05) is 18.2 Å². The van der Waals surface area contributed by atoms with E-state index in [4.69, 9.17) is 5.73 Å². The van der Waals surface area contributed by atoms with Gasteiger partial charge in [-0.2, -0.15) is 0 Å². The van der Waals surface area contributed by atoms with Crippen LogP contribution >= 0.6 is 0 Å². The summed E-state index contributed by atoms with van der Waals surface area (Å²) in [6, 6.07) is 9.11. The topological polar surface area (TPSA) is 523 Å². The molecule has 0 aromatic heterocycles. The molecule has 9 atom stereocenters. The van der Waals surface area contributed by atoms with Gasteiger partial charge in [0.15, 0.2) is 0 Å². The Kier molecular flexibility index (Phi) is 32.5. The molecule has 4 rings (SSSR count). The van der Waals surface area contributed by atoms with E-state index in [2.05, 4.69) is 69.1 Å². The van der Waals surface area contributed by atoms with Gasteiger partial charge in [0.2, 0.25) is 94.5 Å². The molecule has 0 bridgehead atoms. The maximum Gasteiger partial charge on any atom is 0.248 e. The van der Waals surface area contributed by atoms with Gasteiger partial charge in [-0.05, 0) is 139 Å². The average Bonchev–Trinajstić information content (AvgIpc) is 1.70. The highest BCUT2D eigenvalue weighted by molar-refractivity contribution is 6.03. The molecule has 2 saturated heterocycles. The number of carbonyl (C=O) groups is 16. The lowest BCUT2D eigenvalue weighted by atomic mass is 9.95. The van der Waals surface area contributed by atoms with Gasteiger partial charge in [0, 0.05) is 45.7 Å². The van der Waals surface area contributed by atoms with Crippen LogP contribution in [0.2, 0.25) is 0 Å². The normalized spacial score (nSPS) is 17.6. The Balaban J connectivity index is 1.37. The van der Waals surface area contributed by atoms with Crippen molar-refractivity contribution >= 4 is 94.5 Å². The van der Waals surface area contributed by atoms with Gasteiger partial charge in [0.05, 0.1) is 31.4 Å². The summed E-state index contributed by atoms with van der Waals surface area (Å²) in [5, 5.41) is 65.5. The van der Waals surface area contributed by atoms with Crippen LogP contribution in [0.15, 0.2) is 60.7 Å². The molecule has 0 radical (unpaired) electrons. The zero-order valence-electron chi connectivity index (χ0n) is 67.2. The molecule has 0 saturated carbocycles. The summed E-state index contributed by atoms with van der Waals surface area (Å²) in [4.78, 5) is 222. The Morgan fingerprint density at radius 1 is 0.459 bits per heavy atom. The summed E-state index contributed by atoms with van der Waals surface area (Å²) in [5.74, 6) is -14.0. The molecule has 35 heteroatoms. The summed E-state index contributed by atoms with van der Waals surface area (Å²) in [6.45, 7) is 24.9. The van der Waals surface area contributed by atoms with E-state index in [-0.39, 0.29) is 44.6 Å². The van der Waals surface area contributed by atoms with E-state index in [1.54, 1.807) is 70.2 Å². The maximum atomic E-state index is 14.5. The fraction of sp³-hybridized carbons (Fsp3) is 0.632. The third kappa shape index (κ3) is 27.4. The van der Waals surface area contributed by atoms with Gasteiger partial charge in [-0.3, -0.25) is 76.7 Å². The molecule has 9 unspecified atom stereocenters. The van der Waals surface area contributed by atoms with E-state index in [0.717, 1.165) is 20.9 Å². The Morgan fingerprint density at radius 3 is 1.31 bits per heavy atom. The monoisotopic (exact) mass is 1560 g/mol. The number of nitrogens with two attached hydrogens (primary N) is 1. The molecule has 2 aliphatic rings. The highest BCUT2D eigenvalue weighted by Crippen LogP contribution is 2.27. The van der Waals surface area contributed by atoms with Crippen molar-refractivity contribution in [3.05, 3.63) is 71.8 Å². The molecule has 18 N–H and O–H groups in total. The third-order valence-electron chi connectivity index (χ3n) is 18.8. The molecule has 16 amide bonds. The highest BCUT2D eigenvalue weighted by Gasteiger charge is 2.50. The van der Waals surface area contributed by atoms with Crippen molar-refractivity contribution in [1.82, 2.24) is 78.9 Å². The van der Waals surface area contributed by atoms with Crippen molar-refractivity contribution in [3.63, 3.8) is 0 Å². The first-order chi connectivity index (χ1) is 51.1. The first-order valence-corrected chi connectivity index (χ1v) is 37.0. The van der Waals surface area contributed by atoms with E-state index >= 15 is 0 Å². The number of amides is 16. The zero-order valence-corrected chi connectivity index (χ0v) is 67.2. The van der Waals surface area contributed by atoms with E-state index in [1.165, 1.54) is 104 Å². The number of aliphatic hydroxyl groups is 3. The van der Waals surface area contributed by atoms with Crippen LogP contribution < -0.4 is 74.9 Å². The number of hydrogen-bond donors (Lipinski definition) is 17. The summed E-state index contributed by atoms with van der Waals surface area (Å²) in [5.41, 5.74) is -5.25. The minimum absolute atomic E-state index is 0.0160. The molecule has 111 heavy (non-hydrogen) atoms. The van der Waals surface area contributed by atoms with Gasteiger partial charge < -0.3 is 100.0 Å². The van der Waals surface area contributed by atoms with E-state index in [9.17, 15) is 92.0 Å². The number of hydrogen-bond acceptors (Lipinski definition) is 19. The number of carbonyl (C=O) groups excluding carboxylic acids is 16. The van der Waals surface area contributed by atoms with Gasteiger partial charge in [-0.25, -0.2) is 0 Å². The number of nitrogens with one attached hydrogen (secondary N) is 13. The molecular weight excluding hydrogens is 1440 g/mol. The number of primary amides is 1. The standard InChI is InChI=1S/C76H118N16O19/c1-41(2)32-50(81-55(98)37-78-62(104)56(42(3)4)83-64(106)71(8,9)88-67(109)74(14,15)89-65(107)72(10,11)85-59(101)51(79-43(5)94)34-45-28-24-21-25-29-45)58(100)84-73(12,13)66(108)90-76(18,19)69(111)91-38-47(95)35-52(91)60(102)82-49(30-31-54(77)97)57(99)86-75(16,17)68(110)92-39-48(96)36-53(92)61(103)87-70(6,7)63(105)80-46(40-93)33-44-26-22-20-23-27-44/h20-29,41-42,46-53,56,93,95-96H,30-40H2,1-19H3,(H2,77,97)(H,78,104)(H,79,94)(H,80,105)(H,81,98)(H,82,102)(H,83,106)(H,84,100)(H,85,101)(H,86,99)(H,87,103)(H,88,109)(H,89,107)(H,90,108). The van der Waals surface area contributed by atoms with Crippen molar-refractivity contribution in [2.45, 2.75) is 270 Å². The number of aliphatic hydroxyl groups excluding tert-OH is 3. The van der Waals surface area contributed by atoms with Crippen LogP contribution in [0.25, 0.3) is 0 Å². The maximum absolute atomic E-state index is 14.5. The predicted octanol–water partition coefficient (Wildman–Crippen LogP) is -2.82. The Morgan fingerprint density at radius 2 is 0.856 bits per heavy atom. The predicted molar refractivity (Wildman–Crippen MR) is 406 cm³/mol. The van der Waals surface area contributed by atoms with Crippen LogP contribution in [0.5, 0.6) is 0 Å². The second-order valence-electron chi connectivity index (χ2n) is 33.1. The van der Waals surface area contributed by atoms with Crippen LogP contribution in [-0.4, -0.2) is 239 Å². The second-order valence-corrected chi connectivity index (χ2v) is 33.1. The first-order valence-electron chi connectivity index (χ1n) is 37.0. The van der Waals surface area contributed by atoms with Crippen molar-refractivity contribution in [1.29, 1.82) is 0 Å². The summed E-state index contributed by atoms with van der Waals surface area (Å²) in [7, 11) is 0. The SMILES string of the molecule is CC(=O)NC(Cc1ccccc1)C(=O)NC(C)(C)C(=O)NC(C)(C)C(=O)NC(C)(C)C(=O)NC(C(=O)NCC(=O)NC(CC(C)C)C(=O)NC(C)(C)C(=O)NC(C)(C)C(=O)N1CC(O)CC1C(=O)NC(CCC(N)=O)C(=O)NC(C)(C)C(=O)N1CC(O)CC1C(=O)NC(C)(C)C(=O)NC(CO)Cc1ccccc1)C(C)C. The quantitative estimate of drug-likeness (QED) is 0.0322. The molecular formula is C76H118N16O19. The minimum atomic E-state index is -1.90. The van der Waals surface area contributed by atoms with Gasteiger partial charge in [-0.15, -0.1) is 0 Å². The van der Waals surface area contributed by atoms with Crippen LogP contribution in [0.1, 0.15) is 175 Å². The molecule has 2 aromatic carbocycles. The van der Waals surface area contributed by atoms with Gasteiger partial charge in [0.25, 0.3) is 0 Å². The molecule has 2 aromatic rings. The highest BCUT2D eigenvalue weighted by atomic mass is 16.3. The lowest BCUT2D eigenvalue weighted by Crippen LogP contribution is -2.67. The largest absolute Gasteiger partial charge is 0.394 e. The average molecular weight is 1560 g/mol. The number of nitrogens with zero attached hydrogens (tertiary/aromatic N) is 2. The van der Waals surface area contributed by atoms with Gasteiger partial charge in [0.1, 0.15) is 75.0 Å². The van der Waals surface area contributed by atoms with Gasteiger partial charge in [-0.1, -0.05) is 88.4 Å². The number of likely N-dealkylation sites (tertiary alicyclic amines) is 2. The molecule has 35 nitrogen and oxygen atoms in total. The fourth-order valence-electron chi connectivity index (χ4n) is 12.2. The molecule has 0 spiro atoms. The van der Waals surface area contributed by atoms with Crippen molar-refractivity contribution in [2.24, 2.45) is 17.6 Å². The van der Waals surface area contributed by atoms with Crippen molar-refractivity contribution in [2.75, 3.05) is 26.2 Å². The van der Waals surface area contributed by atoms with E-state index < -0.39 is 226 Å². The molecule has 2 aliphatic heterocycles. The molecule has 616 valence electrons. The lowest BCUT2D eigenvalue weighted by Gasteiger charge is -2.37. The van der Waals surface area contributed by atoms with Crippen LogP contribution in [0.4, 0.5) is 0 Å². The lowest BCUT2D eigenvalue weighted by molar-refractivity contribution is -0.147. The Hall–Kier alpha value is -10.2. The summed E-state index contributed by atoms with van der Waals surface area (Å²) < 4.78 is 0. The Bertz CT molecular complexity index is 3750. The first kappa shape index (κ1) is 93.2. The molecule has 2 heterocycles. The summed E-state index contributed by atoms with van der Waals surface area (Å²) in [6.07, 6.45) is -3.63. The summed E-state index contributed by atoms with van der Waals surface area (Å²) >= 11 is 0. The Labute approximate surface area is 648 Å². The number of β-amino-alcohol motifs (C(OH)–C–C–N with tert-alkyl or cyclic N) is 2. The fourth-order valence-corrected chi connectivity index (χ4v) is 12.2. The van der Waals surface area contributed by atoms with Gasteiger partial charge >= 0.3 is 0 Å². The van der Waals surface area contributed by atoms with Crippen molar-refractivity contribution < 1.29 is 92.0 Å². The zero-order chi connectivity index (χ0) is 84.4. The molecule has 2 fully saturated rings. The number of benzene rings is 2. The van der Waals surface area contributed by atoms with Crippen LogP contribution in [-0.2, 0) is 89.6 Å². The molecule has 0 aliphatic carbocycles. The second kappa shape index (κ2) is 38.7. The third-order valence-corrected chi connectivity index (χ3v) is 18.8. The van der Waals surface area contributed by atoms with Crippen LogP contribution in [0.3, 0.4) is 0 Å². The van der Waals surface area contributed by atoms with Crippen molar-refractivity contribution in [3.8, 4) is 0 Å². The minimum Gasteiger partial charge on any atom is -0.394 e. The number of rotatable bonds is 38.